The number of hydrogen-bond acceptors (Lipinski definition) is 2. The van der Waals surface area contributed by atoms with Gasteiger partial charge in [0.25, 0.3) is 0 Å². The summed E-state index contributed by atoms with van der Waals surface area (Å²) in [5, 5.41) is 1.02. The Bertz CT molecular complexity index is 1200. The number of aromatic nitrogens is 1. The molecule has 30 heavy (non-hydrogen) atoms. The number of allylic oxidation sites excluding steroid dienone is 1. The molecule has 4 rings (SSSR count). The molecule has 0 spiro atoms. The van der Waals surface area contributed by atoms with Gasteiger partial charge in [-0.3, -0.25) is 0 Å². The molecule has 6 heteroatoms. The largest absolute Gasteiger partial charge is 0.488 e. The fraction of sp³-hybridized carbons (Fsp3) is 0.167. The topological polar surface area (TPSA) is 14.2 Å². The van der Waals surface area contributed by atoms with E-state index in [2.05, 4.69) is 10.6 Å². The van der Waals surface area contributed by atoms with Gasteiger partial charge in [-0.25, -0.2) is 0 Å². The molecule has 0 unspecified atom stereocenters. The number of aryl methyl sites for hydroxylation is 1. The van der Waals surface area contributed by atoms with E-state index in [1.807, 2.05) is 44.3 Å². The lowest BCUT2D eigenvalue weighted by Gasteiger charge is -2.07. The van der Waals surface area contributed by atoms with Crippen molar-refractivity contribution in [2.24, 2.45) is 7.05 Å². The van der Waals surface area contributed by atoms with E-state index in [1.165, 1.54) is 0 Å². The predicted octanol–water partition coefficient (Wildman–Crippen LogP) is 7.54. The Morgan fingerprint density at radius 2 is 1.80 bits per heavy atom. The molecule has 0 N–H and O–H groups in total. The summed E-state index contributed by atoms with van der Waals surface area (Å²) in [6.07, 6.45) is -0.402. The third-order valence-corrected chi connectivity index (χ3v) is 6.05. The van der Waals surface area contributed by atoms with Crippen molar-refractivity contribution in [3.05, 3.63) is 82.2 Å². The first kappa shape index (κ1) is 20.3. The van der Waals surface area contributed by atoms with Crippen LogP contribution in [0.4, 0.5) is 13.2 Å². The van der Waals surface area contributed by atoms with Gasteiger partial charge in [0.2, 0.25) is 0 Å². The van der Waals surface area contributed by atoms with Crippen molar-refractivity contribution in [3.63, 3.8) is 0 Å². The van der Waals surface area contributed by atoms with Crippen LogP contribution in [0.25, 0.3) is 28.1 Å². The molecule has 0 aliphatic heterocycles. The van der Waals surface area contributed by atoms with Gasteiger partial charge in [0.1, 0.15) is 17.2 Å². The van der Waals surface area contributed by atoms with Gasteiger partial charge in [-0.05, 0) is 48.9 Å². The van der Waals surface area contributed by atoms with Gasteiger partial charge in [0, 0.05) is 34.1 Å². The fourth-order valence-corrected chi connectivity index (χ4v) is 4.44. The van der Waals surface area contributed by atoms with Gasteiger partial charge in [0.05, 0.1) is 0 Å². The Morgan fingerprint density at radius 3 is 2.50 bits per heavy atom. The van der Waals surface area contributed by atoms with Crippen LogP contribution < -0.4 is 4.74 Å². The van der Waals surface area contributed by atoms with Crippen LogP contribution in [0.15, 0.2) is 66.7 Å². The normalized spacial score (nSPS) is 12.2. The zero-order valence-electron chi connectivity index (χ0n) is 16.5. The highest BCUT2D eigenvalue weighted by Gasteiger charge is 2.36. The maximum absolute atomic E-state index is 13.5. The Morgan fingerprint density at radius 1 is 1.03 bits per heavy atom. The van der Waals surface area contributed by atoms with Crippen LogP contribution in [0, 0.1) is 0 Å². The first-order valence-corrected chi connectivity index (χ1v) is 10.3. The Kier molecular flexibility index (Phi) is 5.43. The number of rotatable bonds is 5. The van der Waals surface area contributed by atoms with Crippen molar-refractivity contribution >= 4 is 28.3 Å². The van der Waals surface area contributed by atoms with E-state index in [-0.39, 0.29) is 12.2 Å². The average Bonchev–Trinajstić information content (AvgIpc) is 3.29. The van der Waals surface area contributed by atoms with E-state index in [0.29, 0.717) is 16.2 Å². The second-order valence-corrected chi connectivity index (χ2v) is 8.09. The van der Waals surface area contributed by atoms with Gasteiger partial charge in [-0.1, -0.05) is 36.4 Å². The highest BCUT2D eigenvalue weighted by Crippen LogP contribution is 2.43. The van der Waals surface area contributed by atoms with Gasteiger partial charge < -0.3 is 9.30 Å². The second kappa shape index (κ2) is 8.03. The fourth-order valence-electron chi connectivity index (χ4n) is 3.48. The first-order valence-electron chi connectivity index (χ1n) is 9.47. The number of benzene rings is 2. The Balaban J connectivity index is 1.60. The van der Waals surface area contributed by atoms with Gasteiger partial charge in [-0.15, -0.1) is 11.3 Å². The number of nitrogens with zero attached hydrogens (tertiary/aromatic N) is 1. The van der Waals surface area contributed by atoms with E-state index >= 15 is 0 Å². The van der Waals surface area contributed by atoms with Crippen molar-refractivity contribution in [1.82, 2.24) is 4.57 Å². The minimum Gasteiger partial charge on any atom is -0.488 e. The SMILES string of the molecule is C/C=C/c1cc2cc(OCc3cc(-c4ccccc4)c(C(F)(F)F)s3)ccc2n1C. The molecule has 4 aromatic rings. The van der Waals surface area contributed by atoms with Crippen LogP contribution in [-0.4, -0.2) is 4.57 Å². The summed E-state index contributed by atoms with van der Waals surface area (Å²) in [6.45, 7) is 2.05. The van der Waals surface area contributed by atoms with Gasteiger partial charge in [0.15, 0.2) is 0 Å². The molecular weight excluding hydrogens is 407 g/mol. The summed E-state index contributed by atoms with van der Waals surface area (Å²) in [5.41, 5.74) is 2.89. The monoisotopic (exact) mass is 427 g/mol. The van der Waals surface area contributed by atoms with Crippen molar-refractivity contribution < 1.29 is 17.9 Å². The molecule has 2 aromatic carbocycles. The predicted molar refractivity (Wildman–Crippen MR) is 117 cm³/mol. The van der Waals surface area contributed by atoms with Crippen molar-refractivity contribution in [1.29, 1.82) is 0 Å². The van der Waals surface area contributed by atoms with Crippen molar-refractivity contribution in [2.75, 3.05) is 0 Å². The van der Waals surface area contributed by atoms with Crippen LogP contribution in [0.2, 0.25) is 0 Å². The van der Waals surface area contributed by atoms with E-state index in [4.69, 9.17) is 4.74 Å². The number of fused-ring (bicyclic) bond motifs is 1. The molecule has 0 aliphatic rings. The molecule has 0 atom stereocenters. The molecule has 0 amide bonds. The minimum atomic E-state index is -4.40. The molecule has 0 bridgehead atoms. The second-order valence-electron chi connectivity index (χ2n) is 6.96. The zero-order chi connectivity index (χ0) is 21.3. The minimum absolute atomic E-state index is 0.0840. The molecule has 2 nitrogen and oxygen atoms in total. The summed E-state index contributed by atoms with van der Waals surface area (Å²) in [6, 6.07) is 18.0. The number of alkyl halides is 3. The summed E-state index contributed by atoms with van der Waals surface area (Å²) in [7, 11) is 1.99. The number of hydrogen-bond donors (Lipinski definition) is 0. The van der Waals surface area contributed by atoms with Crippen LogP contribution in [0.5, 0.6) is 5.75 Å². The molecule has 0 fully saturated rings. The van der Waals surface area contributed by atoms with E-state index < -0.39 is 11.1 Å². The van der Waals surface area contributed by atoms with E-state index in [9.17, 15) is 13.2 Å². The molecule has 0 saturated heterocycles. The van der Waals surface area contributed by atoms with E-state index in [1.54, 1.807) is 36.4 Å². The molecule has 154 valence electrons. The molecule has 0 saturated carbocycles. The van der Waals surface area contributed by atoms with Gasteiger partial charge in [-0.2, -0.15) is 13.2 Å². The van der Waals surface area contributed by atoms with Crippen LogP contribution >= 0.6 is 11.3 Å². The highest BCUT2D eigenvalue weighted by molar-refractivity contribution is 7.12. The molecular formula is C24H20F3NOS. The standard InChI is InChI=1S/C24H20F3NOS/c1-3-7-18-12-17-13-19(10-11-22(17)28(18)2)29-15-20-14-21(16-8-5-4-6-9-16)23(30-20)24(25,26)27/h3-14H,15H2,1-2H3/b7-3+. The summed E-state index contributed by atoms with van der Waals surface area (Å²) in [5.74, 6) is 0.628. The van der Waals surface area contributed by atoms with Crippen molar-refractivity contribution in [3.8, 4) is 16.9 Å². The smallest absolute Gasteiger partial charge is 0.426 e. The van der Waals surface area contributed by atoms with Crippen LogP contribution in [0.1, 0.15) is 22.4 Å². The molecule has 2 aromatic heterocycles. The summed E-state index contributed by atoms with van der Waals surface area (Å²) in [4.78, 5) is -0.0641. The Hall–Kier alpha value is -2.99. The maximum atomic E-state index is 13.5. The highest BCUT2D eigenvalue weighted by atomic mass is 32.1. The molecule has 0 aliphatic carbocycles. The zero-order valence-corrected chi connectivity index (χ0v) is 17.3. The lowest BCUT2D eigenvalue weighted by atomic mass is 10.1. The number of thiophene rings is 1. The molecule has 0 radical (unpaired) electrons. The van der Waals surface area contributed by atoms with Crippen LogP contribution in [0.3, 0.4) is 0 Å². The third-order valence-electron chi connectivity index (χ3n) is 4.89. The lowest BCUT2D eigenvalue weighted by molar-refractivity contribution is -0.133. The lowest BCUT2D eigenvalue weighted by Crippen LogP contribution is -2.03. The van der Waals surface area contributed by atoms with Crippen molar-refractivity contribution in [2.45, 2.75) is 19.7 Å². The van der Waals surface area contributed by atoms with Gasteiger partial charge >= 0.3 is 6.18 Å². The number of ether oxygens (including phenoxy) is 1. The quantitative estimate of drug-likeness (QED) is 0.321. The van der Waals surface area contributed by atoms with Crippen LogP contribution in [-0.2, 0) is 19.8 Å². The average molecular weight is 427 g/mol. The Labute approximate surface area is 176 Å². The first-order chi connectivity index (χ1) is 14.4. The van der Waals surface area contributed by atoms with E-state index in [0.717, 1.165) is 27.9 Å². The number of halogens is 3. The maximum Gasteiger partial charge on any atom is 0.426 e. The third kappa shape index (κ3) is 4.00. The summed E-state index contributed by atoms with van der Waals surface area (Å²) >= 11 is 0.734. The molecule has 2 heterocycles. The summed E-state index contributed by atoms with van der Waals surface area (Å²) < 4.78 is 48.6.